The van der Waals surface area contributed by atoms with Gasteiger partial charge in [-0.2, -0.15) is 0 Å². The van der Waals surface area contributed by atoms with Gasteiger partial charge in [0, 0.05) is 17.2 Å². The molecular weight excluding hydrogens is 206 g/mol. The maximum Gasteiger partial charge on any atom is 0.140 e. The van der Waals surface area contributed by atoms with Gasteiger partial charge in [0.25, 0.3) is 0 Å². The Morgan fingerprint density at radius 1 is 1.55 bits per heavy atom. The van der Waals surface area contributed by atoms with Crippen molar-refractivity contribution in [1.29, 1.82) is 0 Å². The van der Waals surface area contributed by atoms with Crippen molar-refractivity contribution in [2.75, 3.05) is 12.0 Å². The van der Waals surface area contributed by atoms with E-state index in [9.17, 15) is 0 Å². The molecular formula is C7H10BrN3. The molecule has 0 spiro atoms. The Labute approximate surface area is 74.3 Å². The van der Waals surface area contributed by atoms with E-state index in [0.29, 0.717) is 0 Å². The van der Waals surface area contributed by atoms with Gasteiger partial charge < -0.3 is 5.43 Å². The summed E-state index contributed by atoms with van der Waals surface area (Å²) in [4.78, 5) is 4.10. The summed E-state index contributed by atoms with van der Waals surface area (Å²) in [6.07, 6.45) is 1.75. The van der Waals surface area contributed by atoms with E-state index in [-0.39, 0.29) is 0 Å². The summed E-state index contributed by atoms with van der Waals surface area (Å²) in [5, 5.41) is 0. The lowest BCUT2D eigenvalue weighted by atomic mass is 10.5. The number of rotatable bonds is 3. The van der Waals surface area contributed by atoms with Crippen LogP contribution in [0, 0.1) is 0 Å². The number of hydrogen-bond donors (Lipinski definition) is 2. The number of hydrazine groups is 1. The van der Waals surface area contributed by atoms with Crippen molar-refractivity contribution in [3.63, 3.8) is 0 Å². The SMILES string of the molecule is CCNNc1ccc(Br)cn1. The zero-order valence-electron chi connectivity index (χ0n) is 6.26. The van der Waals surface area contributed by atoms with E-state index in [1.54, 1.807) is 6.20 Å². The fraction of sp³-hybridized carbons (Fsp3) is 0.286. The van der Waals surface area contributed by atoms with Crippen LogP contribution in [0.1, 0.15) is 6.92 Å². The van der Waals surface area contributed by atoms with Gasteiger partial charge >= 0.3 is 0 Å². The molecule has 0 aliphatic rings. The van der Waals surface area contributed by atoms with E-state index in [1.807, 2.05) is 19.1 Å². The molecule has 0 fully saturated rings. The minimum Gasteiger partial charge on any atom is -0.306 e. The molecule has 1 heterocycles. The first kappa shape index (κ1) is 8.49. The second-order valence-electron chi connectivity index (χ2n) is 2.02. The molecule has 11 heavy (non-hydrogen) atoms. The van der Waals surface area contributed by atoms with Crippen LogP contribution < -0.4 is 10.9 Å². The second kappa shape index (κ2) is 4.31. The minimum absolute atomic E-state index is 0.829. The van der Waals surface area contributed by atoms with Gasteiger partial charge in [0.15, 0.2) is 0 Å². The Balaban J connectivity index is 2.52. The number of pyridine rings is 1. The van der Waals surface area contributed by atoms with Gasteiger partial charge in [0.2, 0.25) is 0 Å². The van der Waals surface area contributed by atoms with Crippen LogP contribution in [0.2, 0.25) is 0 Å². The predicted molar refractivity (Wildman–Crippen MR) is 49.2 cm³/mol. The van der Waals surface area contributed by atoms with Gasteiger partial charge in [0.1, 0.15) is 5.82 Å². The van der Waals surface area contributed by atoms with Crippen molar-refractivity contribution in [2.45, 2.75) is 6.92 Å². The van der Waals surface area contributed by atoms with Gasteiger partial charge in [0.05, 0.1) is 0 Å². The zero-order chi connectivity index (χ0) is 8.10. The molecule has 4 heteroatoms. The van der Waals surface area contributed by atoms with Crippen LogP contribution >= 0.6 is 15.9 Å². The molecule has 1 rings (SSSR count). The minimum atomic E-state index is 0.829. The number of aromatic nitrogens is 1. The number of nitrogens with one attached hydrogen (secondary N) is 2. The molecule has 0 saturated carbocycles. The highest BCUT2D eigenvalue weighted by Gasteiger charge is 1.89. The molecule has 0 saturated heterocycles. The highest BCUT2D eigenvalue weighted by molar-refractivity contribution is 9.10. The Kier molecular flexibility index (Phi) is 3.32. The van der Waals surface area contributed by atoms with Crippen LogP contribution in [0.4, 0.5) is 5.82 Å². The third kappa shape index (κ3) is 2.86. The van der Waals surface area contributed by atoms with Gasteiger partial charge in [-0.3, -0.25) is 0 Å². The molecule has 0 aliphatic carbocycles. The Hall–Kier alpha value is -0.610. The quantitative estimate of drug-likeness (QED) is 0.756. The number of nitrogens with zero attached hydrogens (tertiary/aromatic N) is 1. The van der Waals surface area contributed by atoms with Crippen molar-refractivity contribution in [1.82, 2.24) is 10.4 Å². The highest BCUT2D eigenvalue weighted by Crippen LogP contribution is 2.09. The van der Waals surface area contributed by atoms with Crippen LogP contribution in [0.25, 0.3) is 0 Å². The summed E-state index contributed by atoms with van der Waals surface area (Å²) in [5.74, 6) is 0.829. The summed E-state index contributed by atoms with van der Waals surface area (Å²) in [7, 11) is 0. The lowest BCUT2D eigenvalue weighted by molar-refractivity contribution is 0.836. The largest absolute Gasteiger partial charge is 0.306 e. The van der Waals surface area contributed by atoms with Gasteiger partial charge in [-0.25, -0.2) is 10.4 Å². The molecule has 0 radical (unpaired) electrons. The first-order valence-corrected chi connectivity index (χ1v) is 4.22. The van der Waals surface area contributed by atoms with E-state index >= 15 is 0 Å². The normalized spacial score (nSPS) is 9.64. The summed E-state index contributed by atoms with van der Waals surface area (Å²) >= 11 is 3.30. The molecule has 0 atom stereocenters. The van der Waals surface area contributed by atoms with Crippen molar-refractivity contribution in [3.05, 3.63) is 22.8 Å². The van der Waals surface area contributed by atoms with Crippen LogP contribution in [0.15, 0.2) is 22.8 Å². The smallest absolute Gasteiger partial charge is 0.140 e. The monoisotopic (exact) mass is 215 g/mol. The van der Waals surface area contributed by atoms with Crippen molar-refractivity contribution >= 4 is 21.7 Å². The van der Waals surface area contributed by atoms with Crippen LogP contribution in [0.3, 0.4) is 0 Å². The maximum atomic E-state index is 4.10. The fourth-order valence-electron chi connectivity index (χ4n) is 0.629. The first-order valence-electron chi connectivity index (χ1n) is 3.43. The summed E-state index contributed by atoms with van der Waals surface area (Å²) in [6, 6.07) is 3.83. The predicted octanol–water partition coefficient (Wildman–Crippen LogP) is 1.78. The Morgan fingerprint density at radius 3 is 2.91 bits per heavy atom. The Bertz CT molecular complexity index is 209. The topological polar surface area (TPSA) is 37.0 Å². The fourth-order valence-corrected chi connectivity index (χ4v) is 0.863. The van der Waals surface area contributed by atoms with E-state index in [4.69, 9.17) is 0 Å². The standard InChI is InChI=1S/C7H10BrN3/c1-2-10-11-7-4-3-6(8)5-9-7/h3-5,10H,2H2,1H3,(H,9,11). The molecule has 1 aromatic heterocycles. The van der Waals surface area contributed by atoms with E-state index in [1.165, 1.54) is 0 Å². The van der Waals surface area contributed by atoms with Crippen LogP contribution in [-0.4, -0.2) is 11.5 Å². The van der Waals surface area contributed by atoms with Crippen LogP contribution in [0.5, 0.6) is 0 Å². The maximum absolute atomic E-state index is 4.10. The first-order chi connectivity index (χ1) is 5.33. The van der Waals surface area contributed by atoms with Crippen molar-refractivity contribution in [2.24, 2.45) is 0 Å². The number of halogens is 1. The molecule has 0 aromatic carbocycles. The summed E-state index contributed by atoms with van der Waals surface area (Å²) < 4.78 is 0.986. The summed E-state index contributed by atoms with van der Waals surface area (Å²) in [5.41, 5.74) is 5.90. The zero-order valence-corrected chi connectivity index (χ0v) is 7.85. The lowest BCUT2D eigenvalue weighted by Crippen LogP contribution is -2.21. The summed E-state index contributed by atoms with van der Waals surface area (Å²) in [6.45, 7) is 2.89. The van der Waals surface area contributed by atoms with Crippen molar-refractivity contribution in [3.8, 4) is 0 Å². The lowest BCUT2D eigenvalue weighted by Gasteiger charge is -2.03. The third-order valence-electron chi connectivity index (χ3n) is 1.12. The number of hydrogen-bond acceptors (Lipinski definition) is 3. The van der Waals surface area contributed by atoms with Gasteiger partial charge in [-0.15, -0.1) is 0 Å². The second-order valence-corrected chi connectivity index (χ2v) is 2.93. The van der Waals surface area contributed by atoms with E-state index < -0.39 is 0 Å². The molecule has 0 aliphatic heterocycles. The molecule has 2 N–H and O–H groups in total. The molecule has 1 aromatic rings. The van der Waals surface area contributed by atoms with E-state index in [0.717, 1.165) is 16.8 Å². The van der Waals surface area contributed by atoms with Gasteiger partial charge in [-0.05, 0) is 28.1 Å². The third-order valence-corrected chi connectivity index (χ3v) is 1.59. The van der Waals surface area contributed by atoms with E-state index in [2.05, 4.69) is 31.8 Å². The van der Waals surface area contributed by atoms with Gasteiger partial charge in [-0.1, -0.05) is 6.92 Å². The molecule has 0 unspecified atom stereocenters. The molecule has 0 bridgehead atoms. The average Bonchev–Trinajstić information content (AvgIpc) is 2.04. The van der Waals surface area contributed by atoms with Crippen molar-refractivity contribution < 1.29 is 0 Å². The van der Waals surface area contributed by atoms with Crippen LogP contribution in [-0.2, 0) is 0 Å². The molecule has 0 amide bonds. The number of anilines is 1. The highest BCUT2D eigenvalue weighted by atomic mass is 79.9. The average molecular weight is 216 g/mol. The Morgan fingerprint density at radius 2 is 2.36 bits per heavy atom. The molecule has 60 valence electrons. The molecule has 3 nitrogen and oxygen atoms in total.